The minimum atomic E-state index is -0.992. The molecule has 2 aromatic carbocycles. The van der Waals surface area contributed by atoms with Crippen molar-refractivity contribution in [1.29, 1.82) is 0 Å². The van der Waals surface area contributed by atoms with E-state index in [9.17, 15) is 4.79 Å². The molecular weight excluding hydrogens is 290 g/mol. The van der Waals surface area contributed by atoms with Crippen LogP contribution in [-0.2, 0) is 11.2 Å². The SMILES string of the molecule is Cc1ccc(Nc2ccc3[nH]cc(C[C@H](N)C(=O)O)c3c2)cc1. The Hall–Kier alpha value is -2.79. The van der Waals surface area contributed by atoms with E-state index in [1.807, 2.05) is 43.5 Å². The van der Waals surface area contributed by atoms with E-state index in [2.05, 4.69) is 22.4 Å². The Morgan fingerprint density at radius 2 is 1.91 bits per heavy atom. The van der Waals surface area contributed by atoms with E-state index in [4.69, 9.17) is 10.8 Å². The zero-order valence-electron chi connectivity index (χ0n) is 12.8. The molecule has 0 unspecified atom stereocenters. The summed E-state index contributed by atoms with van der Waals surface area (Å²) in [6, 6.07) is 13.2. The van der Waals surface area contributed by atoms with E-state index in [0.717, 1.165) is 27.8 Å². The standard InChI is InChI=1S/C18H19N3O2/c1-11-2-4-13(5-3-11)21-14-6-7-17-15(9-14)12(10-20-17)8-16(19)18(22)23/h2-7,9-10,16,20-21H,8,19H2,1H3,(H,22,23)/t16-/m0/s1. The van der Waals surface area contributed by atoms with Gasteiger partial charge in [0.25, 0.3) is 0 Å². The van der Waals surface area contributed by atoms with Gasteiger partial charge in [-0.3, -0.25) is 4.79 Å². The molecule has 0 saturated heterocycles. The molecule has 0 amide bonds. The van der Waals surface area contributed by atoms with Crippen molar-refractivity contribution in [2.45, 2.75) is 19.4 Å². The highest BCUT2D eigenvalue weighted by atomic mass is 16.4. The number of fused-ring (bicyclic) bond motifs is 1. The number of H-pyrrole nitrogens is 1. The van der Waals surface area contributed by atoms with E-state index in [-0.39, 0.29) is 0 Å². The number of rotatable bonds is 5. The van der Waals surface area contributed by atoms with Crippen LogP contribution >= 0.6 is 0 Å². The molecule has 0 aliphatic heterocycles. The fourth-order valence-electron chi connectivity index (χ4n) is 2.55. The molecule has 5 N–H and O–H groups in total. The third-order valence-corrected chi connectivity index (χ3v) is 3.86. The number of aromatic nitrogens is 1. The fraction of sp³-hybridized carbons (Fsp3) is 0.167. The molecule has 5 nitrogen and oxygen atoms in total. The molecule has 0 fully saturated rings. The maximum absolute atomic E-state index is 10.9. The van der Waals surface area contributed by atoms with E-state index in [0.29, 0.717) is 6.42 Å². The van der Waals surface area contributed by atoms with Gasteiger partial charge in [-0.2, -0.15) is 0 Å². The number of carbonyl (C=O) groups is 1. The van der Waals surface area contributed by atoms with Crippen LogP contribution in [0.1, 0.15) is 11.1 Å². The summed E-state index contributed by atoms with van der Waals surface area (Å²) in [4.78, 5) is 14.1. The Kier molecular flexibility index (Phi) is 4.04. The number of aromatic amines is 1. The average Bonchev–Trinajstić information content (AvgIpc) is 2.92. The maximum Gasteiger partial charge on any atom is 0.320 e. The van der Waals surface area contributed by atoms with Gasteiger partial charge in [0, 0.05) is 34.9 Å². The molecule has 1 aromatic heterocycles. The van der Waals surface area contributed by atoms with Gasteiger partial charge in [0.05, 0.1) is 0 Å². The first kappa shape index (κ1) is 15.1. The minimum absolute atomic E-state index is 0.295. The van der Waals surface area contributed by atoms with Crippen molar-refractivity contribution in [3.8, 4) is 0 Å². The van der Waals surface area contributed by atoms with Gasteiger partial charge in [-0.25, -0.2) is 0 Å². The van der Waals surface area contributed by atoms with Gasteiger partial charge < -0.3 is 21.1 Å². The zero-order valence-corrected chi connectivity index (χ0v) is 12.8. The van der Waals surface area contributed by atoms with Gasteiger partial charge in [0.15, 0.2) is 0 Å². The normalized spacial score (nSPS) is 12.3. The average molecular weight is 309 g/mol. The number of hydrogen-bond donors (Lipinski definition) is 4. The molecule has 3 rings (SSSR count). The second-order valence-electron chi connectivity index (χ2n) is 5.71. The Balaban J connectivity index is 1.88. The van der Waals surface area contributed by atoms with Crippen LogP contribution in [0, 0.1) is 6.92 Å². The zero-order chi connectivity index (χ0) is 16.4. The lowest BCUT2D eigenvalue weighted by atomic mass is 10.1. The molecule has 0 bridgehead atoms. The molecule has 0 saturated carbocycles. The molecule has 0 aliphatic rings. The summed E-state index contributed by atoms with van der Waals surface area (Å²) in [6.45, 7) is 2.05. The fourth-order valence-corrected chi connectivity index (χ4v) is 2.55. The lowest BCUT2D eigenvalue weighted by Crippen LogP contribution is -2.32. The van der Waals surface area contributed by atoms with Crippen molar-refractivity contribution in [3.63, 3.8) is 0 Å². The Morgan fingerprint density at radius 1 is 1.22 bits per heavy atom. The van der Waals surface area contributed by atoms with Crippen LogP contribution in [0.4, 0.5) is 11.4 Å². The number of aliphatic carboxylic acids is 1. The first-order valence-electron chi connectivity index (χ1n) is 7.45. The van der Waals surface area contributed by atoms with Crippen molar-refractivity contribution < 1.29 is 9.90 Å². The number of benzene rings is 2. The second-order valence-corrected chi connectivity index (χ2v) is 5.71. The van der Waals surface area contributed by atoms with Crippen LogP contribution in [0.15, 0.2) is 48.7 Å². The maximum atomic E-state index is 10.9. The molecule has 0 radical (unpaired) electrons. The van der Waals surface area contributed by atoms with E-state index >= 15 is 0 Å². The predicted molar refractivity (Wildman–Crippen MR) is 92.1 cm³/mol. The molecule has 5 heteroatoms. The third kappa shape index (κ3) is 3.35. The van der Waals surface area contributed by atoms with Crippen LogP contribution in [0.25, 0.3) is 10.9 Å². The molecule has 0 aliphatic carbocycles. The molecule has 0 spiro atoms. The van der Waals surface area contributed by atoms with Gasteiger partial charge in [0.2, 0.25) is 0 Å². The van der Waals surface area contributed by atoms with Crippen LogP contribution < -0.4 is 11.1 Å². The summed E-state index contributed by atoms with van der Waals surface area (Å²) in [5.41, 5.74) is 10.7. The van der Waals surface area contributed by atoms with Crippen molar-refractivity contribution in [1.82, 2.24) is 4.98 Å². The van der Waals surface area contributed by atoms with Crippen molar-refractivity contribution in [2.24, 2.45) is 5.73 Å². The highest BCUT2D eigenvalue weighted by Gasteiger charge is 2.15. The number of carboxylic acid groups (broad SMARTS) is 1. The van der Waals surface area contributed by atoms with E-state index in [1.54, 1.807) is 0 Å². The van der Waals surface area contributed by atoms with Crippen LogP contribution in [0.2, 0.25) is 0 Å². The Morgan fingerprint density at radius 3 is 2.61 bits per heavy atom. The van der Waals surface area contributed by atoms with Crippen molar-refractivity contribution in [2.75, 3.05) is 5.32 Å². The summed E-state index contributed by atoms with van der Waals surface area (Å²) in [5, 5.41) is 13.3. The minimum Gasteiger partial charge on any atom is -0.480 e. The topological polar surface area (TPSA) is 91.1 Å². The summed E-state index contributed by atoms with van der Waals surface area (Å²) in [6.07, 6.45) is 2.12. The van der Waals surface area contributed by atoms with Gasteiger partial charge in [0.1, 0.15) is 6.04 Å². The van der Waals surface area contributed by atoms with Gasteiger partial charge in [-0.05, 0) is 42.8 Å². The monoisotopic (exact) mass is 309 g/mol. The summed E-state index contributed by atoms with van der Waals surface area (Å²) < 4.78 is 0. The molecule has 3 aromatic rings. The quantitative estimate of drug-likeness (QED) is 0.582. The smallest absolute Gasteiger partial charge is 0.320 e. The van der Waals surface area contributed by atoms with Gasteiger partial charge in [-0.1, -0.05) is 17.7 Å². The summed E-state index contributed by atoms with van der Waals surface area (Å²) in [5.74, 6) is -0.992. The number of nitrogens with two attached hydrogens (primary N) is 1. The first-order chi connectivity index (χ1) is 11.0. The highest BCUT2D eigenvalue weighted by Crippen LogP contribution is 2.25. The Labute approximate surface area is 134 Å². The van der Waals surface area contributed by atoms with Crippen molar-refractivity contribution >= 4 is 28.2 Å². The molecule has 1 heterocycles. The molecule has 23 heavy (non-hydrogen) atoms. The van der Waals surface area contributed by atoms with Crippen LogP contribution in [0.5, 0.6) is 0 Å². The van der Waals surface area contributed by atoms with E-state index in [1.165, 1.54) is 5.56 Å². The Bertz CT molecular complexity index is 837. The summed E-state index contributed by atoms with van der Waals surface area (Å²) >= 11 is 0. The first-order valence-corrected chi connectivity index (χ1v) is 7.45. The largest absolute Gasteiger partial charge is 0.480 e. The third-order valence-electron chi connectivity index (χ3n) is 3.86. The van der Waals surface area contributed by atoms with Gasteiger partial charge >= 0.3 is 5.97 Å². The van der Waals surface area contributed by atoms with Crippen molar-refractivity contribution in [3.05, 3.63) is 59.8 Å². The van der Waals surface area contributed by atoms with E-state index < -0.39 is 12.0 Å². The second kappa shape index (κ2) is 6.14. The highest BCUT2D eigenvalue weighted by molar-refractivity contribution is 5.88. The molecule has 1 atom stereocenters. The van der Waals surface area contributed by atoms with Crippen LogP contribution in [-0.4, -0.2) is 22.1 Å². The number of aryl methyl sites for hydroxylation is 1. The molecular formula is C18H19N3O2. The lowest BCUT2D eigenvalue weighted by molar-refractivity contribution is -0.138. The van der Waals surface area contributed by atoms with Crippen LogP contribution in [0.3, 0.4) is 0 Å². The number of hydrogen-bond acceptors (Lipinski definition) is 3. The number of nitrogens with one attached hydrogen (secondary N) is 2. The van der Waals surface area contributed by atoms with Gasteiger partial charge in [-0.15, -0.1) is 0 Å². The predicted octanol–water partition coefficient (Wildman–Crippen LogP) is 3.17. The lowest BCUT2D eigenvalue weighted by Gasteiger charge is -2.08. The molecule has 118 valence electrons. The number of anilines is 2. The summed E-state index contributed by atoms with van der Waals surface area (Å²) in [7, 11) is 0. The number of carboxylic acids is 1.